The molecule has 1 aliphatic rings. The fourth-order valence-corrected chi connectivity index (χ4v) is 2.27. The number of carbonyl (C=O) groups is 1. The summed E-state index contributed by atoms with van der Waals surface area (Å²) in [5.41, 5.74) is 7.27. The van der Waals surface area contributed by atoms with Crippen molar-refractivity contribution in [1.29, 1.82) is 0 Å². The second kappa shape index (κ2) is 4.26. The quantitative estimate of drug-likeness (QED) is 0.820. The van der Waals surface area contributed by atoms with Crippen molar-refractivity contribution in [2.24, 2.45) is 5.73 Å². The number of carbonyl (C=O) groups excluding carboxylic acids is 1. The first-order valence-electron chi connectivity index (χ1n) is 5.60. The number of nitrogens with two attached hydrogens (primary N) is 1. The predicted octanol–water partition coefficient (Wildman–Crippen LogP) is 1.53. The highest BCUT2D eigenvalue weighted by molar-refractivity contribution is 5.86. The fourth-order valence-electron chi connectivity index (χ4n) is 2.27. The van der Waals surface area contributed by atoms with Crippen molar-refractivity contribution in [2.45, 2.75) is 25.2 Å². The maximum atomic E-state index is 11.7. The first-order valence-corrected chi connectivity index (χ1v) is 5.60. The molecule has 1 fully saturated rings. The van der Waals surface area contributed by atoms with Gasteiger partial charge in [-0.2, -0.15) is 0 Å². The van der Waals surface area contributed by atoms with E-state index in [2.05, 4.69) is 0 Å². The zero-order chi connectivity index (χ0) is 11.6. The van der Waals surface area contributed by atoms with Crippen molar-refractivity contribution in [2.75, 3.05) is 13.2 Å². The van der Waals surface area contributed by atoms with Crippen molar-refractivity contribution in [1.82, 2.24) is 0 Å². The second-order valence-corrected chi connectivity index (χ2v) is 4.42. The van der Waals surface area contributed by atoms with Crippen LogP contribution in [0.5, 0.6) is 0 Å². The van der Waals surface area contributed by atoms with Crippen molar-refractivity contribution >= 4 is 5.91 Å². The van der Waals surface area contributed by atoms with Crippen LogP contribution in [0.2, 0.25) is 0 Å². The standard InChI is InChI=1S/C13H17NO2/c1-10-2-4-11(5-3-10)13(12(14)15)6-8-16-9-7-13/h2-5H,6-9H2,1H3,(H2,14,15). The molecule has 0 spiro atoms. The largest absolute Gasteiger partial charge is 0.381 e. The van der Waals surface area contributed by atoms with Crippen molar-refractivity contribution in [3.8, 4) is 0 Å². The Morgan fingerprint density at radius 3 is 2.31 bits per heavy atom. The summed E-state index contributed by atoms with van der Waals surface area (Å²) in [7, 11) is 0. The van der Waals surface area contributed by atoms with Gasteiger partial charge in [-0.25, -0.2) is 0 Å². The molecule has 1 aromatic carbocycles. The molecular weight excluding hydrogens is 202 g/mol. The Kier molecular flexibility index (Phi) is 2.97. The third-order valence-corrected chi connectivity index (χ3v) is 3.42. The van der Waals surface area contributed by atoms with Crippen LogP contribution in [0, 0.1) is 6.92 Å². The van der Waals surface area contributed by atoms with Crippen LogP contribution >= 0.6 is 0 Å². The third kappa shape index (κ3) is 1.83. The molecule has 2 N–H and O–H groups in total. The zero-order valence-corrected chi connectivity index (χ0v) is 9.53. The van der Waals surface area contributed by atoms with E-state index in [0.717, 1.165) is 5.56 Å². The average molecular weight is 219 g/mol. The predicted molar refractivity (Wildman–Crippen MR) is 62.1 cm³/mol. The molecule has 0 saturated carbocycles. The minimum absolute atomic E-state index is 0.236. The van der Waals surface area contributed by atoms with E-state index in [-0.39, 0.29) is 5.91 Å². The maximum Gasteiger partial charge on any atom is 0.228 e. The van der Waals surface area contributed by atoms with E-state index in [1.807, 2.05) is 31.2 Å². The molecule has 0 aliphatic carbocycles. The molecular formula is C13H17NO2. The number of hydrogen-bond acceptors (Lipinski definition) is 2. The van der Waals surface area contributed by atoms with Gasteiger partial charge in [-0.3, -0.25) is 4.79 Å². The summed E-state index contributed by atoms with van der Waals surface area (Å²) >= 11 is 0. The Hall–Kier alpha value is -1.35. The van der Waals surface area contributed by atoms with Crippen molar-refractivity contribution in [3.05, 3.63) is 35.4 Å². The molecule has 1 saturated heterocycles. The Morgan fingerprint density at radius 1 is 1.25 bits per heavy atom. The second-order valence-electron chi connectivity index (χ2n) is 4.42. The number of primary amides is 1. The van der Waals surface area contributed by atoms with Gasteiger partial charge in [0.05, 0.1) is 5.41 Å². The van der Waals surface area contributed by atoms with E-state index >= 15 is 0 Å². The van der Waals surface area contributed by atoms with Crippen LogP contribution in [0.3, 0.4) is 0 Å². The number of hydrogen-bond donors (Lipinski definition) is 1. The Morgan fingerprint density at radius 2 is 1.81 bits per heavy atom. The van der Waals surface area contributed by atoms with Crippen LogP contribution in [0.15, 0.2) is 24.3 Å². The summed E-state index contributed by atoms with van der Waals surface area (Å²) in [6.07, 6.45) is 1.37. The lowest BCUT2D eigenvalue weighted by Gasteiger charge is -2.34. The number of benzene rings is 1. The number of ether oxygens (including phenoxy) is 1. The van der Waals surface area contributed by atoms with Gasteiger partial charge < -0.3 is 10.5 Å². The molecule has 0 radical (unpaired) electrons. The Balaban J connectivity index is 2.38. The molecule has 3 heteroatoms. The summed E-state index contributed by atoms with van der Waals surface area (Å²) in [4.78, 5) is 11.7. The molecule has 0 aromatic heterocycles. The minimum atomic E-state index is -0.522. The fraction of sp³-hybridized carbons (Fsp3) is 0.462. The molecule has 3 nitrogen and oxygen atoms in total. The molecule has 0 atom stereocenters. The zero-order valence-electron chi connectivity index (χ0n) is 9.53. The van der Waals surface area contributed by atoms with E-state index in [1.165, 1.54) is 5.56 Å². The van der Waals surface area contributed by atoms with Gasteiger partial charge in [0, 0.05) is 13.2 Å². The van der Waals surface area contributed by atoms with Crippen LogP contribution < -0.4 is 5.73 Å². The molecule has 0 unspecified atom stereocenters. The highest BCUT2D eigenvalue weighted by Crippen LogP contribution is 2.34. The van der Waals surface area contributed by atoms with Gasteiger partial charge in [-0.15, -0.1) is 0 Å². The van der Waals surface area contributed by atoms with E-state index in [4.69, 9.17) is 10.5 Å². The van der Waals surface area contributed by atoms with Gasteiger partial charge in [-0.05, 0) is 25.3 Å². The minimum Gasteiger partial charge on any atom is -0.381 e. The summed E-state index contributed by atoms with van der Waals surface area (Å²) in [6.45, 7) is 3.25. The van der Waals surface area contributed by atoms with Crippen molar-refractivity contribution in [3.63, 3.8) is 0 Å². The highest BCUT2D eigenvalue weighted by Gasteiger charge is 2.39. The first-order chi connectivity index (χ1) is 7.65. The summed E-state index contributed by atoms with van der Waals surface area (Å²) in [5, 5.41) is 0. The molecule has 1 aromatic rings. The van der Waals surface area contributed by atoms with E-state index in [1.54, 1.807) is 0 Å². The van der Waals surface area contributed by atoms with Crippen LogP contribution in [-0.4, -0.2) is 19.1 Å². The molecule has 1 aliphatic heterocycles. The highest BCUT2D eigenvalue weighted by atomic mass is 16.5. The third-order valence-electron chi connectivity index (χ3n) is 3.42. The summed E-state index contributed by atoms with van der Waals surface area (Å²) < 4.78 is 5.31. The molecule has 86 valence electrons. The lowest BCUT2D eigenvalue weighted by molar-refractivity contribution is -0.127. The van der Waals surface area contributed by atoms with Crippen LogP contribution in [-0.2, 0) is 14.9 Å². The molecule has 1 heterocycles. The topological polar surface area (TPSA) is 52.3 Å². The van der Waals surface area contributed by atoms with Gasteiger partial charge >= 0.3 is 0 Å². The Bertz CT molecular complexity index is 377. The van der Waals surface area contributed by atoms with Gasteiger partial charge in [0.15, 0.2) is 0 Å². The van der Waals surface area contributed by atoms with E-state index in [0.29, 0.717) is 26.1 Å². The summed E-state index contributed by atoms with van der Waals surface area (Å²) in [5.74, 6) is -0.236. The smallest absolute Gasteiger partial charge is 0.228 e. The van der Waals surface area contributed by atoms with E-state index in [9.17, 15) is 4.79 Å². The van der Waals surface area contributed by atoms with Crippen LogP contribution in [0.25, 0.3) is 0 Å². The first kappa shape index (κ1) is 11.1. The normalized spacial score (nSPS) is 19.3. The van der Waals surface area contributed by atoms with Crippen molar-refractivity contribution < 1.29 is 9.53 Å². The number of aryl methyl sites for hydroxylation is 1. The average Bonchev–Trinajstić information content (AvgIpc) is 2.30. The maximum absolute atomic E-state index is 11.7. The Labute approximate surface area is 95.6 Å². The van der Waals surface area contributed by atoms with Crippen LogP contribution in [0.1, 0.15) is 24.0 Å². The summed E-state index contributed by atoms with van der Waals surface area (Å²) in [6, 6.07) is 8.06. The molecule has 16 heavy (non-hydrogen) atoms. The molecule has 0 bridgehead atoms. The SMILES string of the molecule is Cc1ccc(C2(C(N)=O)CCOCC2)cc1. The van der Waals surface area contributed by atoms with Crippen LogP contribution in [0.4, 0.5) is 0 Å². The molecule has 2 rings (SSSR count). The van der Waals surface area contributed by atoms with Gasteiger partial charge in [0.1, 0.15) is 0 Å². The van der Waals surface area contributed by atoms with Gasteiger partial charge in [0.25, 0.3) is 0 Å². The van der Waals surface area contributed by atoms with E-state index < -0.39 is 5.41 Å². The number of amides is 1. The van der Waals surface area contributed by atoms with Gasteiger partial charge in [-0.1, -0.05) is 29.8 Å². The molecule has 1 amide bonds. The lowest BCUT2D eigenvalue weighted by atomic mass is 9.73. The monoisotopic (exact) mass is 219 g/mol. The lowest BCUT2D eigenvalue weighted by Crippen LogP contribution is -2.45. The van der Waals surface area contributed by atoms with Gasteiger partial charge in [0.2, 0.25) is 5.91 Å². The number of rotatable bonds is 2.